The van der Waals surface area contributed by atoms with E-state index in [-0.39, 0.29) is 11.9 Å². The number of carbonyl (C=O) groups is 1. The second-order valence-electron chi connectivity index (χ2n) is 4.08. The quantitative estimate of drug-likeness (QED) is 0.805. The highest BCUT2D eigenvalue weighted by atomic mass is 35.5. The lowest BCUT2D eigenvalue weighted by atomic mass is 10.2. The highest BCUT2D eigenvalue weighted by Crippen LogP contribution is 2.28. The third-order valence-electron chi connectivity index (χ3n) is 3.07. The lowest BCUT2D eigenvalue weighted by Gasteiger charge is -2.25. The van der Waals surface area contributed by atoms with Gasteiger partial charge < -0.3 is 10.2 Å². The third-order valence-corrected chi connectivity index (χ3v) is 3.45. The van der Waals surface area contributed by atoms with E-state index >= 15 is 0 Å². The summed E-state index contributed by atoms with van der Waals surface area (Å²) in [7, 11) is 1.65. The first kappa shape index (κ1) is 12.1. The van der Waals surface area contributed by atoms with Crippen molar-refractivity contribution >= 4 is 23.3 Å². The number of likely N-dealkylation sites (N-methyl/N-ethyl adjacent to an activating group) is 1. The Hall–Kier alpha value is -1.36. The molecule has 2 heterocycles. The molecule has 6 heteroatoms. The molecule has 1 aliphatic heterocycles. The van der Waals surface area contributed by atoms with Crippen molar-refractivity contribution in [1.29, 1.82) is 0 Å². The van der Waals surface area contributed by atoms with E-state index in [9.17, 15) is 4.79 Å². The van der Waals surface area contributed by atoms with Gasteiger partial charge in [0.1, 0.15) is 23.3 Å². The molecule has 2 rings (SSSR count). The van der Waals surface area contributed by atoms with E-state index < -0.39 is 0 Å². The fourth-order valence-corrected chi connectivity index (χ4v) is 2.30. The van der Waals surface area contributed by atoms with Crippen LogP contribution in [0.2, 0.25) is 5.15 Å². The zero-order chi connectivity index (χ0) is 12.4. The highest BCUT2D eigenvalue weighted by Gasteiger charge is 2.32. The van der Waals surface area contributed by atoms with E-state index in [2.05, 4.69) is 15.3 Å². The Labute approximate surface area is 105 Å². The van der Waals surface area contributed by atoms with Crippen LogP contribution >= 0.6 is 11.6 Å². The van der Waals surface area contributed by atoms with Crippen molar-refractivity contribution in [3.8, 4) is 0 Å². The summed E-state index contributed by atoms with van der Waals surface area (Å²) in [5.74, 6) is 0.785. The van der Waals surface area contributed by atoms with Gasteiger partial charge in [-0.15, -0.1) is 0 Å². The molecule has 1 atom stereocenters. The molecule has 0 spiro atoms. The molecule has 0 aliphatic carbocycles. The van der Waals surface area contributed by atoms with Gasteiger partial charge in [0.25, 0.3) is 0 Å². The van der Waals surface area contributed by atoms with Crippen LogP contribution in [0.1, 0.15) is 18.4 Å². The van der Waals surface area contributed by atoms with Gasteiger partial charge in [0.15, 0.2) is 0 Å². The van der Waals surface area contributed by atoms with Crippen molar-refractivity contribution in [1.82, 2.24) is 15.3 Å². The number of nitrogens with zero attached hydrogens (tertiary/aromatic N) is 3. The number of amides is 1. The number of nitrogens with one attached hydrogen (secondary N) is 1. The lowest BCUT2D eigenvalue weighted by molar-refractivity contribution is -0.121. The molecule has 17 heavy (non-hydrogen) atoms. The third kappa shape index (κ3) is 2.20. The highest BCUT2D eigenvalue weighted by molar-refractivity contribution is 6.30. The van der Waals surface area contributed by atoms with Crippen LogP contribution in [0, 0.1) is 6.92 Å². The van der Waals surface area contributed by atoms with Crippen LogP contribution in [0.4, 0.5) is 5.82 Å². The van der Waals surface area contributed by atoms with Crippen LogP contribution in [-0.2, 0) is 4.79 Å². The Morgan fingerprint density at radius 3 is 3.06 bits per heavy atom. The van der Waals surface area contributed by atoms with E-state index in [1.807, 2.05) is 11.8 Å². The predicted molar refractivity (Wildman–Crippen MR) is 66.2 cm³/mol. The molecule has 1 N–H and O–H groups in total. The average Bonchev–Trinajstić information content (AvgIpc) is 2.80. The number of rotatable bonds is 2. The van der Waals surface area contributed by atoms with Gasteiger partial charge >= 0.3 is 0 Å². The summed E-state index contributed by atoms with van der Waals surface area (Å²) in [6.45, 7) is 2.70. The molecule has 92 valence electrons. The van der Waals surface area contributed by atoms with Gasteiger partial charge in [0.05, 0.1) is 0 Å². The zero-order valence-electron chi connectivity index (χ0n) is 9.90. The molecule has 1 unspecified atom stereocenters. The van der Waals surface area contributed by atoms with Crippen LogP contribution in [0.3, 0.4) is 0 Å². The van der Waals surface area contributed by atoms with Crippen LogP contribution in [0.15, 0.2) is 6.33 Å². The lowest BCUT2D eigenvalue weighted by Crippen LogP contribution is -2.42. The molecule has 0 saturated carbocycles. The summed E-state index contributed by atoms with van der Waals surface area (Å²) < 4.78 is 0. The van der Waals surface area contributed by atoms with E-state index in [1.165, 1.54) is 6.33 Å². The monoisotopic (exact) mass is 254 g/mol. The molecule has 1 aromatic heterocycles. The van der Waals surface area contributed by atoms with Crippen LogP contribution < -0.4 is 10.2 Å². The van der Waals surface area contributed by atoms with E-state index in [0.717, 1.165) is 30.8 Å². The summed E-state index contributed by atoms with van der Waals surface area (Å²) >= 11 is 5.98. The van der Waals surface area contributed by atoms with Gasteiger partial charge in [-0.3, -0.25) is 4.79 Å². The Balaban J connectivity index is 2.32. The van der Waals surface area contributed by atoms with Gasteiger partial charge in [-0.25, -0.2) is 9.97 Å². The number of aromatic nitrogens is 2. The van der Waals surface area contributed by atoms with Crippen molar-refractivity contribution in [3.05, 3.63) is 17.0 Å². The number of hydrogen-bond donors (Lipinski definition) is 1. The van der Waals surface area contributed by atoms with Crippen molar-refractivity contribution in [2.45, 2.75) is 25.8 Å². The standard InChI is InChI=1S/C11H15ClN4O/c1-7-9(12)14-6-15-10(7)16-5-3-4-8(16)11(17)13-2/h6,8H,3-5H2,1-2H3,(H,13,17). The van der Waals surface area contributed by atoms with Crippen molar-refractivity contribution in [3.63, 3.8) is 0 Å². The molecule has 1 saturated heterocycles. The molecule has 1 amide bonds. The fourth-order valence-electron chi connectivity index (χ4n) is 2.17. The predicted octanol–water partition coefficient (Wildman–Crippen LogP) is 1.15. The van der Waals surface area contributed by atoms with Crippen molar-refractivity contribution in [2.75, 3.05) is 18.5 Å². The first-order valence-corrected chi connectivity index (χ1v) is 5.98. The van der Waals surface area contributed by atoms with Crippen LogP contribution in [0.5, 0.6) is 0 Å². The van der Waals surface area contributed by atoms with Crippen LogP contribution in [0.25, 0.3) is 0 Å². The van der Waals surface area contributed by atoms with E-state index in [1.54, 1.807) is 7.05 Å². The first-order valence-electron chi connectivity index (χ1n) is 5.60. The fraction of sp³-hybridized carbons (Fsp3) is 0.545. The van der Waals surface area contributed by atoms with E-state index in [0.29, 0.717) is 5.15 Å². The maximum atomic E-state index is 11.8. The maximum Gasteiger partial charge on any atom is 0.242 e. The topological polar surface area (TPSA) is 58.1 Å². The number of halogens is 1. The Morgan fingerprint density at radius 1 is 1.59 bits per heavy atom. The summed E-state index contributed by atoms with van der Waals surface area (Å²) in [5, 5.41) is 3.13. The molecule has 1 fully saturated rings. The van der Waals surface area contributed by atoms with Gasteiger partial charge in [0, 0.05) is 19.2 Å². The Bertz CT molecular complexity index is 437. The summed E-state index contributed by atoms with van der Waals surface area (Å²) in [6, 6.07) is -0.148. The summed E-state index contributed by atoms with van der Waals surface area (Å²) in [4.78, 5) is 21.9. The Kier molecular flexibility index (Phi) is 3.47. The van der Waals surface area contributed by atoms with Crippen molar-refractivity contribution in [2.24, 2.45) is 0 Å². The molecule has 1 aliphatic rings. The van der Waals surface area contributed by atoms with Crippen molar-refractivity contribution < 1.29 is 4.79 Å². The second kappa shape index (κ2) is 4.87. The second-order valence-corrected chi connectivity index (χ2v) is 4.44. The minimum atomic E-state index is -0.148. The van der Waals surface area contributed by atoms with E-state index in [4.69, 9.17) is 11.6 Å². The van der Waals surface area contributed by atoms with Gasteiger partial charge in [-0.2, -0.15) is 0 Å². The molecule has 1 aromatic rings. The summed E-state index contributed by atoms with van der Waals surface area (Å²) in [6.07, 6.45) is 3.27. The number of hydrogen-bond acceptors (Lipinski definition) is 4. The van der Waals surface area contributed by atoms with Gasteiger partial charge in [0.2, 0.25) is 5.91 Å². The zero-order valence-corrected chi connectivity index (χ0v) is 10.7. The van der Waals surface area contributed by atoms with Gasteiger partial charge in [-0.05, 0) is 19.8 Å². The minimum absolute atomic E-state index is 0.0247. The summed E-state index contributed by atoms with van der Waals surface area (Å²) in [5.41, 5.74) is 0.824. The molecule has 0 aromatic carbocycles. The normalized spacial score (nSPS) is 19.5. The minimum Gasteiger partial charge on any atom is -0.357 e. The Morgan fingerprint density at radius 2 is 2.35 bits per heavy atom. The molecule has 5 nitrogen and oxygen atoms in total. The largest absolute Gasteiger partial charge is 0.357 e. The smallest absolute Gasteiger partial charge is 0.242 e. The average molecular weight is 255 g/mol. The van der Waals surface area contributed by atoms with Gasteiger partial charge in [-0.1, -0.05) is 11.6 Å². The molecular weight excluding hydrogens is 240 g/mol. The first-order chi connectivity index (χ1) is 8.15. The van der Waals surface area contributed by atoms with Crippen LogP contribution in [-0.4, -0.2) is 35.5 Å². The number of carbonyl (C=O) groups excluding carboxylic acids is 1. The molecule has 0 bridgehead atoms. The SMILES string of the molecule is CNC(=O)C1CCCN1c1ncnc(Cl)c1C. The maximum absolute atomic E-state index is 11.8. The molecular formula is C11H15ClN4O. The number of anilines is 1. The molecule has 0 radical (unpaired) electrons.